The molecule has 3 rings (SSSR count). The molecule has 0 spiro atoms. The van der Waals surface area contributed by atoms with Crippen molar-refractivity contribution < 1.29 is 22.0 Å². The predicted molar refractivity (Wildman–Crippen MR) is 101 cm³/mol. The highest BCUT2D eigenvalue weighted by atomic mass is 32.2. The number of carbonyl (C=O) groups is 1. The van der Waals surface area contributed by atoms with Gasteiger partial charge in [0.05, 0.1) is 11.3 Å². The van der Waals surface area contributed by atoms with Crippen molar-refractivity contribution in [1.82, 2.24) is 14.3 Å². The molecule has 3 aromatic rings. The highest BCUT2D eigenvalue weighted by molar-refractivity contribution is 7.90. The Kier molecular flexibility index (Phi) is 5.43. The van der Waals surface area contributed by atoms with Crippen LogP contribution < -0.4 is 4.72 Å². The van der Waals surface area contributed by atoms with Gasteiger partial charge >= 0.3 is 10.2 Å². The SMILES string of the molecule is CCN(C)S(=O)(=O)Nc1ccc(F)c(C(=O)Cc2cnc3[nH]ccc3c2)c1F. The summed E-state index contributed by atoms with van der Waals surface area (Å²) >= 11 is 0. The highest BCUT2D eigenvalue weighted by Crippen LogP contribution is 2.24. The molecule has 0 fully saturated rings. The third-order valence-electron chi connectivity index (χ3n) is 4.29. The number of anilines is 1. The summed E-state index contributed by atoms with van der Waals surface area (Å²) < 4.78 is 56.1. The predicted octanol–water partition coefficient (Wildman–Crippen LogP) is 2.87. The van der Waals surface area contributed by atoms with E-state index in [1.54, 1.807) is 25.3 Å². The van der Waals surface area contributed by atoms with Crippen molar-refractivity contribution in [3.05, 3.63) is 59.4 Å². The summed E-state index contributed by atoms with van der Waals surface area (Å²) in [5.41, 5.74) is -0.185. The minimum atomic E-state index is -4.02. The molecule has 148 valence electrons. The molecule has 0 amide bonds. The fraction of sp³-hybridized carbons (Fsp3) is 0.222. The summed E-state index contributed by atoms with van der Waals surface area (Å²) in [6.45, 7) is 1.75. The lowest BCUT2D eigenvalue weighted by Gasteiger charge is -2.17. The van der Waals surface area contributed by atoms with E-state index in [9.17, 15) is 22.0 Å². The van der Waals surface area contributed by atoms with Crippen molar-refractivity contribution in [3.63, 3.8) is 0 Å². The van der Waals surface area contributed by atoms with Gasteiger partial charge in [-0.2, -0.15) is 12.7 Å². The molecule has 10 heteroatoms. The second-order valence-corrected chi connectivity index (χ2v) is 7.94. The first kappa shape index (κ1) is 19.9. The van der Waals surface area contributed by atoms with E-state index in [0.717, 1.165) is 21.8 Å². The first-order valence-electron chi connectivity index (χ1n) is 8.40. The van der Waals surface area contributed by atoms with Crippen LogP contribution in [0, 0.1) is 11.6 Å². The van der Waals surface area contributed by atoms with Crippen LogP contribution in [-0.4, -0.2) is 42.1 Å². The fourth-order valence-corrected chi connectivity index (χ4v) is 3.56. The number of fused-ring (bicyclic) bond motifs is 1. The van der Waals surface area contributed by atoms with Gasteiger partial charge < -0.3 is 4.98 Å². The van der Waals surface area contributed by atoms with Crippen LogP contribution in [0.25, 0.3) is 11.0 Å². The number of nitrogens with zero attached hydrogens (tertiary/aromatic N) is 2. The minimum absolute atomic E-state index is 0.151. The number of nitrogens with one attached hydrogen (secondary N) is 2. The summed E-state index contributed by atoms with van der Waals surface area (Å²) in [5, 5.41) is 0.760. The van der Waals surface area contributed by atoms with E-state index in [0.29, 0.717) is 11.2 Å². The number of Topliss-reactive ketones (excluding diaryl/α,β-unsaturated/α-hetero) is 1. The van der Waals surface area contributed by atoms with E-state index in [4.69, 9.17) is 0 Å². The topological polar surface area (TPSA) is 95.2 Å². The van der Waals surface area contributed by atoms with Crippen LogP contribution in [-0.2, 0) is 16.6 Å². The molecular weight excluding hydrogens is 390 g/mol. The number of halogens is 2. The average Bonchev–Trinajstić information content (AvgIpc) is 3.11. The van der Waals surface area contributed by atoms with Gasteiger partial charge in [-0.3, -0.25) is 9.52 Å². The van der Waals surface area contributed by atoms with Crippen LogP contribution >= 0.6 is 0 Å². The van der Waals surface area contributed by atoms with Crippen molar-refractivity contribution >= 4 is 32.7 Å². The summed E-state index contributed by atoms with van der Waals surface area (Å²) in [7, 11) is -2.72. The number of carbonyl (C=O) groups excluding carboxylic acids is 1. The molecule has 0 unspecified atom stereocenters. The number of hydrogen-bond acceptors (Lipinski definition) is 4. The molecule has 0 bridgehead atoms. The van der Waals surface area contributed by atoms with Crippen molar-refractivity contribution in [3.8, 4) is 0 Å². The summed E-state index contributed by atoms with van der Waals surface area (Å²) in [4.78, 5) is 19.6. The molecule has 2 N–H and O–H groups in total. The zero-order valence-corrected chi connectivity index (χ0v) is 16.0. The van der Waals surface area contributed by atoms with Crippen LogP contribution in [0.1, 0.15) is 22.8 Å². The van der Waals surface area contributed by atoms with Gasteiger partial charge in [0, 0.05) is 37.8 Å². The second-order valence-electron chi connectivity index (χ2n) is 6.16. The Balaban J connectivity index is 1.91. The highest BCUT2D eigenvalue weighted by Gasteiger charge is 2.24. The Labute approximate surface area is 160 Å². The molecule has 0 saturated heterocycles. The fourth-order valence-electron chi connectivity index (χ4n) is 2.63. The third kappa shape index (κ3) is 3.87. The van der Waals surface area contributed by atoms with Crippen LogP contribution in [0.2, 0.25) is 0 Å². The Hall–Kier alpha value is -2.85. The summed E-state index contributed by atoms with van der Waals surface area (Å²) in [6, 6.07) is 5.25. The van der Waals surface area contributed by atoms with Crippen molar-refractivity contribution in [2.24, 2.45) is 0 Å². The monoisotopic (exact) mass is 408 g/mol. The van der Waals surface area contributed by atoms with Gasteiger partial charge in [-0.15, -0.1) is 0 Å². The molecule has 7 nitrogen and oxygen atoms in total. The molecule has 0 atom stereocenters. The standard InChI is InChI=1S/C18H18F2N4O3S/c1-3-24(2)28(26,27)23-14-5-4-13(19)16(17(14)20)15(25)9-11-8-12-6-7-21-18(12)22-10-11/h4-8,10,23H,3,9H2,1-2H3,(H,21,22). The van der Waals surface area contributed by atoms with E-state index >= 15 is 0 Å². The van der Waals surface area contributed by atoms with Crippen LogP contribution in [0.4, 0.5) is 14.5 Å². The largest absolute Gasteiger partial charge is 0.346 e. The molecule has 2 heterocycles. The van der Waals surface area contributed by atoms with E-state index in [-0.39, 0.29) is 13.0 Å². The molecule has 0 aliphatic carbocycles. The number of hydrogen-bond donors (Lipinski definition) is 2. The lowest BCUT2D eigenvalue weighted by molar-refractivity contribution is 0.0985. The Morgan fingerprint density at radius 2 is 2.04 bits per heavy atom. The molecule has 0 aliphatic rings. The lowest BCUT2D eigenvalue weighted by Crippen LogP contribution is -2.32. The van der Waals surface area contributed by atoms with Gasteiger partial charge in [0.15, 0.2) is 11.6 Å². The second kappa shape index (κ2) is 7.64. The van der Waals surface area contributed by atoms with Crippen LogP contribution in [0.3, 0.4) is 0 Å². The van der Waals surface area contributed by atoms with Crippen molar-refractivity contribution in [1.29, 1.82) is 0 Å². The van der Waals surface area contributed by atoms with Gasteiger partial charge in [-0.05, 0) is 29.8 Å². The Bertz CT molecular complexity index is 1140. The molecule has 1 aromatic carbocycles. The van der Waals surface area contributed by atoms with Crippen LogP contribution in [0.15, 0.2) is 36.7 Å². The molecule has 0 radical (unpaired) electrons. The number of ketones is 1. The van der Waals surface area contributed by atoms with Crippen molar-refractivity contribution in [2.45, 2.75) is 13.3 Å². The quantitative estimate of drug-likeness (QED) is 0.588. The van der Waals surface area contributed by atoms with Gasteiger partial charge in [0.2, 0.25) is 0 Å². The number of aromatic amines is 1. The van der Waals surface area contributed by atoms with E-state index in [1.165, 1.54) is 13.2 Å². The maximum Gasteiger partial charge on any atom is 0.301 e. The molecular formula is C18H18F2N4O3S. The minimum Gasteiger partial charge on any atom is -0.346 e. The molecule has 0 aliphatic heterocycles. The maximum atomic E-state index is 14.8. The van der Waals surface area contributed by atoms with Gasteiger partial charge in [0.1, 0.15) is 11.5 Å². The molecule has 2 aromatic heterocycles. The average molecular weight is 408 g/mol. The lowest BCUT2D eigenvalue weighted by atomic mass is 10.0. The summed E-state index contributed by atoms with van der Waals surface area (Å²) in [6.07, 6.45) is 2.84. The van der Waals surface area contributed by atoms with Gasteiger partial charge in [-0.1, -0.05) is 6.92 Å². The number of rotatable bonds is 7. The Morgan fingerprint density at radius 1 is 1.29 bits per heavy atom. The van der Waals surface area contributed by atoms with Crippen molar-refractivity contribution in [2.75, 3.05) is 18.3 Å². The summed E-state index contributed by atoms with van der Waals surface area (Å²) in [5.74, 6) is -3.14. The zero-order chi connectivity index (χ0) is 20.5. The number of pyridine rings is 1. The Morgan fingerprint density at radius 3 is 2.75 bits per heavy atom. The maximum absolute atomic E-state index is 14.8. The smallest absolute Gasteiger partial charge is 0.301 e. The third-order valence-corrected chi connectivity index (χ3v) is 5.84. The van der Waals surface area contributed by atoms with Crippen LogP contribution in [0.5, 0.6) is 0 Å². The first-order valence-corrected chi connectivity index (χ1v) is 9.84. The van der Waals surface area contributed by atoms with Gasteiger partial charge in [-0.25, -0.2) is 13.8 Å². The van der Waals surface area contributed by atoms with E-state index in [2.05, 4.69) is 9.97 Å². The number of aromatic nitrogens is 2. The van der Waals surface area contributed by atoms with E-state index < -0.39 is 38.9 Å². The first-order chi connectivity index (χ1) is 13.2. The van der Waals surface area contributed by atoms with Gasteiger partial charge in [0.25, 0.3) is 0 Å². The molecule has 0 saturated carbocycles. The zero-order valence-electron chi connectivity index (χ0n) is 15.2. The number of H-pyrrole nitrogens is 1. The number of benzene rings is 1. The molecule has 28 heavy (non-hydrogen) atoms. The van der Waals surface area contributed by atoms with E-state index in [1.807, 2.05) is 4.72 Å². The normalized spacial score (nSPS) is 11.9.